The molecule has 0 saturated heterocycles. The summed E-state index contributed by atoms with van der Waals surface area (Å²) in [6.45, 7) is 4.77. The van der Waals surface area contributed by atoms with Crippen LogP contribution in [0.25, 0.3) is 0 Å². The van der Waals surface area contributed by atoms with Gasteiger partial charge in [0.05, 0.1) is 0 Å². The number of hydrogen-bond donors (Lipinski definition) is 1. The fourth-order valence-electron chi connectivity index (χ4n) is 3.05. The Balaban J connectivity index is 1.93. The molecule has 0 radical (unpaired) electrons. The van der Waals surface area contributed by atoms with Crippen molar-refractivity contribution in [2.45, 2.75) is 45.4 Å². The van der Waals surface area contributed by atoms with Gasteiger partial charge in [-0.1, -0.05) is 13.3 Å². The molecule has 0 aromatic heterocycles. The average molecular weight is 238 g/mol. The van der Waals surface area contributed by atoms with Gasteiger partial charge in [0.15, 0.2) is 0 Å². The van der Waals surface area contributed by atoms with Crippen LogP contribution in [-0.4, -0.2) is 30.4 Å². The van der Waals surface area contributed by atoms with Crippen LogP contribution < -0.4 is 5.73 Å². The molecule has 98 valence electrons. The van der Waals surface area contributed by atoms with Crippen LogP contribution >= 0.6 is 0 Å². The van der Waals surface area contributed by atoms with Crippen molar-refractivity contribution in [3.8, 4) is 0 Å². The van der Waals surface area contributed by atoms with Crippen LogP contribution in [0.2, 0.25) is 0 Å². The Morgan fingerprint density at radius 1 is 1.29 bits per heavy atom. The van der Waals surface area contributed by atoms with E-state index < -0.39 is 0 Å². The second-order valence-corrected chi connectivity index (χ2v) is 5.76. The summed E-state index contributed by atoms with van der Waals surface area (Å²) in [5, 5.41) is 0. The molecule has 3 heteroatoms. The maximum absolute atomic E-state index is 12.5. The van der Waals surface area contributed by atoms with Crippen molar-refractivity contribution in [3.05, 3.63) is 0 Å². The summed E-state index contributed by atoms with van der Waals surface area (Å²) in [6.07, 6.45) is 7.10. The van der Waals surface area contributed by atoms with Crippen molar-refractivity contribution in [1.29, 1.82) is 0 Å². The molecule has 2 saturated carbocycles. The number of carbonyl (C=O) groups is 1. The molecule has 2 aliphatic carbocycles. The first-order valence-electron chi connectivity index (χ1n) is 7.25. The highest BCUT2D eigenvalue weighted by molar-refractivity contribution is 5.79. The van der Waals surface area contributed by atoms with Crippen molar-refractivity contribution in [1.82, 2.24) is 4.90 Å². The Morgan fingerprint density at radius 3 is 2.65 bits per heavy atom. The van der Waals surface area contributed by atoms with Gasteiger partial charge in [-0.15, -0.1) is 0 Å². The molecular weight excluding hydrogens is 212 g/mol. The van der Waals surface area contributed by atoms with E-state index in [1.165, 1.54) is 19.3 Å². The smallest absolute Gasteiger partial charge is 0.226 e. The van der Waals surface area contributed by atoms with Crippen LogP contribution in [-0.2, 0) is 4.79 Å². The van der Waals surface area contributed by atoms with Crippen LogP contribution in [0.3, 0.4) is 0 Å². The number of nitrogens with zero attached hydrogens (tertiary/aromatic N) is 1. The Hall–Kier alpha value is -0.570. The van der Waals surface area contributed by atoms with Crippen molar-refractivity contribution in [2.75, 3.05) is 19.6 Å². The highest BCUT2D eigenvalue weighted by Gasteiger charge is 2.36. The molecule has 0 aromatic rings. The molecule has 2 atom stereocenters. The largest absolute Gasteiger partial charge is 0.342 e. The zero-order valence-corrected chi connectivity index (χ0v) is 11.0. The minimum absolute atomic E-state index is 0.227. The average Bonchev–Trinajstić information content (AvgIpc) is 3.02. The summed E-state index contributed by atoms with van der Waals surface area (Å²) >= 11 is 0. The lowest BCUT2D eigenvalue weighted by molar-refractivity contribution is -0.136. The predicted octanol–water partition coefficient (Wildman–Crippen LogP) is 2.01. The SMILES string of the molecule is CCCN(CC1CC1)C(=O)[C@@H]1CCC[C@@H]1CN. The molecule has 0 aromatic carbocycles. The van der Waals surface area contributed by atoms with Gasteiger partial charge in [-0.25, -0.2) is 0 Å². The molecule has 2 aliphatic rings. The van der Waals surface area contributed by atoms with Gasteiger partial charge in [0, 0.05) is 19.0 Å². The van der Waals surface area contributed by atoms with Crippen LogP contribution in [0.4, 0.5) is 0 Å². The number of rotatable bonds is 6. The highest BCUT2D eigenvalue weighted by atomic mass is 16.2. The highest BCUT2D eigenvalue weighted by Crippen LogP contribution is 2.34. The lowest BCUT2D eigenvalue weighted by Crippen LogP contribution is -2.40. The third kappa shape index (κ3) is 3.21. The molecule has 3 nitrogen and oxygen atoms in total. The second-order valence-electron chi connectivity index (χ2n) is 5.76. The standard InChI is InChI=1S/C14H26N2O/c1-2-8-16(10-11-6-7-11)14(17)13-5-3-4-12(13)9-15/h11-13H,2-10,15H2,1H3/t12-,13-/m1/s1. The van der Waals surface area contributed by atoms with E-state index >= 15 is 0 Å². The van der Waals surface area contributed by atoms with E-state index in [1.54, 1.807) is 0 Å². The third-order valence-electron chi connectivity index (χ3n) is 4.26. The Labute approximate surface area is 105 Å². The van der Waals surface area contributed by atoms with Crippen molar-refractivity contribution in [2.24, 2.45) is 23.5 Å². The van der Waals surface area contributed by atoms with Gasteiger partial charge >= 0.3 is 0 Å². The second kappa shape index (κ2) is 5.85. The minimum Gasteiger partial charge on any atom is -0.342 e. The summed E-state index contributed by atoms with van der Waals surface area (Å²) in [5.74, 6) is 1.86. The van der Waals surface area contributed by atoms with E-state index in [0.29, 0.717) is 18.4 Å². The van der Waals surface area contributed by atoms with Crippen molar-refractivity contribution < 1.29 is 4.79 Å². The molecule has 17 heavy (non-hydrogen) atoms. The molecule has 0 aliphatic heterocycles. The molecule has 0 bridgehead atoms. The Morgan fingerprint density at radius 2 is 2.06 bits per heavy atom. The molecule has 2 fully saturated rings. The number of carbonyl (C=O) groups excluding carboxylic acids is 1. The zero-order valence-electron chi connectivity index (χ0n) is 11.0. The van der Waals surface area contributed by atoms with Gasteiger partial charge in [-0.3, -0.25) is 4.79 Å². The van der Waals surface area contributed by atoms with E-state index in [1.807, 2.05) is 0 Å². The van der Waals surface area contributed by atoms with Gasteiger partial charge in [-0.05, 0) is 50.5 Å². The van der Waals surface area contributed by atoms with Gasteiger partial charge in [-0.2, -0.15) is 0 Å². The lowest BCUT2D eigenvalue weighted by atomic mass is 9.94. The summed E-state index contributed by atoms with van der Waals surface area (Å²) < 4.78 is 0. The van der Waals surface area contributed by atoms with Crippen LogP contribution in [0.5, 0.6) is 0 Å². The normalized spacial score (nSPS) is 28.4. The maximum atomic E-state index is 12.5. The molecule has 0 unspecified atom stereocenters. The van der Waals surface area contributed by atoms with E-state index in [9.17, 15) is 4.79 Å². The van der Waals surface area contributed by atoms with Gasteiger partial charge in [0.1, 0.15) is 0 Å². The van der Waals surface area contributed by atoms with E-state index in [0.717, 1.165) is 38.3 Å². The minimum atomic E-state index is 0.227. The predicted molar refractivity (Wildman–Crippen MR) is 69.5 cm³/mol. The monoisotopic (exact) mass is 238 g/mol. The van der Waals surface area contributed by atoms with E-state index in [4.69, 9.17) is 5.73 Å². The first-order chi connectivity index (χ1) is 8.26. The zero-order chi connectivity index (χ0) is 12.3. The molecular formula is C14H26N2O. The molecule has 1 amide bonds. The maximum Gasteiger partial charge on any atom is 0.226 e. The number of nitrogens with two attached hydrogens (primary N) is 1. The Kier molecular flexibility index (Phi) is 4.43. The summed E-state index contributed by atoms with van der Waals surface area (Å²) in [4.78, 5) is 14.7. The van der Waals surface area contributed by atoms with E-state index in [-0.39, 0.29) is 5.92 Å². The van der Waals surface area contributed by atoms with Gasteiger partial charge in [0.25, 0.3) is 0 Å². The molecule has 2 N–H and O–H groups in total. The molecule has 0 spiro atoms. The first kappa shape index (κ1) is 12.9. The fraction of sp³-hybridized carbons (Fsp3) is 0.929. The van der Waals surface area contributed by atoms with Crippen molar-refractivity contribution >= 4 is 5.91 Å². The number of amides is 1. The quantitative estimate of drug-likeness (QED) is 0.769. The van der Waals surface area contributed by atoms with Crippen LogP contribution in [0.15, 0.2) is 0 Å². The van der Waals surface area contributed by atoms with Gasteiger partial charge < -0.3 is 10.6 Å². The van der Waals surface area contributed by atoms with E-state index in [2.05, 4.69) is 11.8 Å². The number of hydrogen-bond acceptors (Lipinski definition) is 2. The molecule has 0 heterocycles. The lowest BCUT2D eigenvalue weighted by Gasteiger charge is -2.27. The van der Waals surface area contributed by atoms with Crippen LogP contribution in [0.1, 0.15) is 45.4 Å². The summed E-state index contributed by atoms with van der Waals surface area (Å²) in [6, 6.07) is 0. The Bertz CT molecular complexity index is 263. The van der Waals surface area contributed by atoms with Crippen molar-refractivity contribution in [3.63, 3.8) is 0 Å². The molecule has 2 rings (SSSR count). The first-order valence-corrected chi connectivity index (χ1v) is 7.25. The summed E-state index contributed by atoms with van der Waals surface area (Å²) in [5.41, 5.74) is 5.78. The van der Waals surface area contributed by atoms with Crippen LogP contribution in [0, 0.1) is 17.8 Å². The fourth-order valence-corrected chi connectivity index (χ4v) is 3.05. The third-order valence-corrected chi connectivity index (χ3v) is 4.26. The van der Waals surface area contributed by atoms with Gasteiger partial charge in [0.2, 0.25) is 5.91 Å². The summed E-state index contributed by atoms with van der Waals surface area (Å²) in [7, 11) is 0. The topological polar surface area (TPSA) is 46.3 Å².